The van der Waals surface area contributed by atoms with E-state index in [1.165, 1.54) is 19.3 Å². The predicted octanol–water partition coefficient (Wildman–Crippen LogP) is 6.64. The fourth-order valence-corrected chi connectivity index (χ4v) is 5.10. The SMILES string of the molecule is O=C(c1ccc(OCCN2CCCCC2)cc1)c1oc2cc3c(cc2c1-c1ccccc1)CC=CO3. The van der Waals surface area contributed by atoms with Crippen molar-refractivity contribution >= 4 is 16.8 Å². The zero-order valence-corrected chi connectivity index (χ0v) is 20.2. The Bertz CT molecular complexity index is 1400. The lowest BCUT2D eigenvalue weighted by Crippen LogP contribution is -2.33. The number of ketones is 1. The molecule has 2 aliphatic rings. The molecular formula is C31H29NO4. The number of ether oxygens (including phenoxy) is 2. The number of hydrogen-bond acceptors (Lipinski definition) is 5. The van der Waals surface area contributed by atoms with Gasteiger partial charge < -0.3 is 13.9 Å². The van der Waals surface area contributed by atoms with Crippen molar-refractivity contribution in [1.82, 2.24) is 4.90 Å². The quantitative estimate of drug-likeness (QED) is 0.278. The number of hydrogen-bond donors (Lipinski definition) is 0. The summed E-state index contributed by atoms with van der Waals surface area (Å²) in [6.07, 6.45) is 8.34. The molecule has 0 atom stereocenters. The van der Waals surface area contributed by atoms with E-state index in [1.54, 1.807) is 6.26 Å². The Labute approximate surface area is 210 Å². The van der Waals surface area contributed by atoms with Gasteiger partial charge in [-0.2, -0.15) is 0 Å². The van der Waals surface area contributed by atoms with Crippen LogP contribution in [0.2, 0.25) is 0 Å². The Morgan fingerprint density at radius 3 is 2.56 bits per heavy atom. The van der Waals surface area contributed by atoms with E-state index in [0.717, 1.165) is 59.6 Å². The van der Waals surface area contributed by atoms with Crippen LogP contribution in [0.5, 0.6) is 11.5 Å². The summed E-state index contributed by atoms with van der Waals surface area (Å²) in [7, 11) is 0. The van der Waals surface area contributed by atoms with Crippen LogP contribution in [0, 0.1) is 0 Å². The third-order valence-corrected chi connectivity index (χ3v) is 7.01. The lowest BCUT2D eigenvalue weighted by molar-refractivity contribution is 0.101. The zero-order valence-electron chi connectivity index (χ0n) is 20.2. The van der Waals surface area contributed by atoms with Crippen LogP contribution >= 0.6 is 0 Å². The van der Waals surface area contributed by atoms with Crippen molar-refractivity contribution in [3.63, 3.8) is 0 Å². The maximum Gasteiger partial charge on any atom is 0.228 e. The van der Waals surface area contributed by atoms with Gasteiger partial charge in [0, 0.05) is 29.1 Å². The smallest absolute Gasteiger partial charge is 0.228 e. The first-order valence-corrected chi connectivity index (χ1v) is 12.7. The van der Waals surface area contributed by atoms with E-state index in [9.17, 15) is 4.79 Å². The Hall–Kier alpha value is -3.83. The van der Waals surface area contributed by atoms with Crippen molar-refractivity contribution in [2.45, 2.75) is 25.7 Å². The molecule has 1 saturated heterocycles. The molecule has 5 nitrogen and oxygen atoms in total. The molecule has 0 saturated carbocycles. The van der Waals surface area contributed by atoms with Crippen LogP contribution in [0.15, 0.2) is 83.5 Å². The Morgan fingerprint density at radius 2 is 1.75 bits per heavy atom. The molecule has 0 unspecified atom stereocenters. The number of fused-ring (bicyclic) bond motifs is 2. The average Bonchev–Trinajstić information content (AvgIpc) is 3.31. The minimum Gasteiger partial charge on any atom is -0.492 e. The van der Waals surface area contributed by atoms with Crippen LogP contribution in [0.3, 0.4) is 0 Å². The van der Waals surface area contributed by atoms with Crippen LogP contribution in [-0.2, 0) is 6.42 Å². The first kappa shape index (κ1) is 22.6. The van der Waals surface area contributed by atoms with E-state index in [2.05, 4.69) is 11.0 Å². The van der Waals surface area contributed by atoms with Gasteiger partial charge in [-0.3, -0.25) is 9.69 Å². The van der Waals surface area contributed by atoms with Gasteiger partial charge in [-0.05, 0) is 79.9 Å². The van der Waals surface area contributed by atoms with Crippen molar-refractivity contribution in [2.75, 3.05) is 26.2 Å². The summed E-state index contributed by atoms with van der Waals surface area (Å²) < 4.78 is 17.8. The number of nitrogens with zero attached hydrogens (tertiary/aromatic N) is 1. The molecule has 1 fully saturated rings. The van der Waals surface area contributed by atoms with Gasteiger partial charge in [-0.1, -0.05) is 36.8 Å². The molecular weight excluding hydrogens is 450 g/mol. The normalized spacial score (nSPS) is 15.4. The number of benzene rings is 3. The lowest BCUT2D eigenvalue weighted by Gasteiger charge is -2.26. The van der Waals surface area contributed by atoms with Gasteiger partial charge in [-0.15, -0.1) is 0 Å². The second-order valence-corrected chi connectivity index (χ2v) is 9.43. The van der Waals surface area contributed by atoms with E-state index < -0.39 is 0 Å². The minimum absolute atomic E-state index is 0.151. The highest BCUT2D eigenvalue weighted by atomic mass is 16.5. The second kappa shape index (κ2) is 10.0. The first-order chi connectivity index (χ1) is 17.8. The van der Waals surface area contributed by atoms with Gasteiger partial charge in [0.15, 0.2) is 5.76 Å². The zero-order chi connectivity index (χ0) is 24.3. The first-order valence-electron chi connectivity index (χ1n) is 12.7. The molecule has 5 heteroatoms. The maximum absolute atomic E-state index is 13.7. The summed E-state index contributed by atoms with van der Waals surface area (Å²) in [5.41, 5.74) is 4.05. The number of piperidine rings is 1. The summed E-state index contributed by atoms with van der Waals surface area (Å²) in [4.78, 5) is 16.1. The number of carbonyl (C=O) groups is 1. The summed E-state index contributed by atoms with van der Waals surface area (Å²) in [5, 5.41) is 0.917. The molecule has 3 aromatic carbocycles. The number of carbonyl (C=O) groups excluding carboxylic acids is 1. The number of furan rings is 1. The molecule has 0 amide bonds. The highest BCUT2D eigenvalue weighted by molar-refractivity contribution is 6.15. The van der Waals surface area contributed by atoms with E-state index in [1.807, 2.05) is 66.7 Å². The van der Waals surface area contributed by atoms with Crippen molar-refractivity contribution in [3.8, 4) is 22.6 Å². The molecule has 6 rings (SSSR count). The highest BCUT2D eigenvalue weighted by Crippen LogP contribution is 2.40. The molecule has 0 radical (unpaired) electrons. The van der Waals surface area contributed by atoms with Gasteiger partial charge in [-0.25, -0.2) is 0 Å². The molecule has 0 bridgehead atoms. The summed E-state index contributed by atoms with van der Waals surface area (Å²) >= 11 is 0. The Kier molecular flexibility index (Phi) is 6.31. The van der Waals surface area contributed by atoms with Gasteiger partial charge in [0.05, 0.1) is 6.26 Å². The topological polar surface area (TPSA) is 51.9 Å². The van der Waals surface area contributed by atoms with E-state index in [0.29, 0.717) is 23.5 Å². The standard InChI is InChI=1S/C31H29NO4/c33-30(23-11-13-25(14-12-23)34-19-17-32-15-5-2-6-16-32)31-29(22-8-3-1-4-9-22)26-20-24-10-7-18-35-27(24)21-28(26)36-31/h1,3-4,7-9,11-14,18,20-21H,2,5-6,10,15-17,19H2. The average molecular weight is 480 g/mol. The second-order valence-electron chi connectivity index (χ2n) is 9.43. The minimum atomic E-state index is -0.151. The van der Waals surface area contributed by atoms with Crippen molar-refractivity contribution < 1.29 is 18.7 Å². The van der Waals surface area contributed by atoms with E-state index in [4.69, 9.17) is 13.9 Å². The Balaban J connectivity index is 1.27. The predicted molar refractivity (Wildman–Crippen MR) is 141 cm³/mol. The third kappa shape index (κ3) is 4.54. The monoisotopic (exact) mass is 479 g/mol. The molecule has 0 aliphatic carbocycles. The summed E-state index contributed by atoms with van der Waals surface area (Å²) in [5.74, 6) is 1.73. The molecule has 0 spiro atoms. The van der Waals surface area contributed by atoms with Gasteiger partial charge in [0.25, 0.3) is 0 Å². The van der Waals surface area contributed by atoms with Crippen molar-refractivity contribution in [1.29, 1.82) is 0 Å². The van der Waals surface area contributed by atoms with Crippen molar-refractivity contribution in [3.05, 3.63) is 96.0 Å². The molecule has 1 aromatic heterocycles. The Morgan fingerprint density at radius 1 is 0.944 bits per heavy atom. The molecule has 2 aliphatic heterocycles. The fraction of sp³-hybridized carbons (Fsp3) is 0.258. The summed E-state index contributed by atoms with van der Waals surface area (Å²) in [6.45, 7) is 3.90. The highest BCUT2D eigenvalue weighted by Gasteiger charge is 2.25. The molecule has 3 heterocycles. The van der Waals surface area contributed by atoms with E-state index >= 15 is 0 Å². The molecule has 182 valence electrons. The molecule has 4 aromatic rings. The van der Waals surface area contributed by atoms with Gasteiger partial charge >= 0.3 is 0 Å². The summed E-state index contributed by atoms with van der Waals surface area (Å²) in [6, 6.07) is 21.3. The van der Waals surface area contributed by atoms with Crippen LogP contribution in [0.4, 0.5) is 0 Å². The maximum atomic E-state index is 13.7. The van der Waals surface area contributed by atoms with Crippen LogP contribution in [0.25, 0.3) is 22.1 Å². The third-order valence-electron chi connectivity index (χ3n) is 7.01. The lowest BCUT2D eigenvalue weighted by atomic mass is 9.96. The number of rotatable bonds is 7. The largest absolute Gasteiger partial charge is 0.492 e. The van der Waals surface area contributed by atoms with Gasteiger partial charge in [0.2, 0.25) is 5.78 Å². The van der Waals surface area contributed by atoms with E-state index in [-0.39, 0.29) is 5.78 Å². The number of allylic oxidation sites excluding steroid dienone is 1. The molecule has 36 heavy (non-hydrogen) atoms. The van der Waals surface area contributed by atoms with Crippen LogP contribution in [-0.4, -0.2) is 36.9 Å². The van der Waals surface area contributed by atoms with Crippen molar-refractivity contribution in [2.24, 2.45) is 0 Å². The fourth-order valence-electron chi connectivity index (χ4n) is 5.10. The van der Waals surface area contributed by atoms with Gasteiger partial charge in [0.1, 0.15) is 23.7 Å². The van der Waals surface area contributed by atoms with Crippen LogP contribution < -0.4 is 9.47 Å². The van der Waals surface area contributed by atoms with Crippen LogP contribution in [0.1, 0.15) is 40.9 Å². The number of likely N-dealkylation sites (tertiary alicyclic amines) is 1. The molecule has 0 N–H and O–H groups in total.